The fraction of sp³-hybridized carbons (Fsp3) is 0.222. The van der Waals surface area contributed by atoms with Crippen LogP contribution in [0.25, 0.3) is 0 Å². The van der Waals surface area contributed by atoms with Crippen LogP contribution in [-0.4, -0.2) is 17.7 Å². The third kappa shape index (κ3) is 4.25. The first-order chi connectivity index (χ1) is 7.71. The van der Waals surface area contributed by atoms with Gasteiger partial charge in [-0.2, -0.15) is 13.2 Å². The molecule has 0 saturated carbocycles. The average Bonchev–Trinajstić information content (AvgIpc) is 2.19. The molecule has 1 aromatic carbocycles. The first kappa shape index (κ1) is 15.0. The summed E-state index contributed by atoms with van der Waals surface area (Å²) < 4.78 is 35.9. The quantitative estimate of drug-likeness (QED) is 0.583. The fourth-order valence-corrected chi connectivity index (χ4v) is 2.46. The number of halogens is 6. The van der Waals surface area contributed by atoms with Gasteiger partial charge in [0.2, 0.25) is 5.78 Å². The lowest BCUT2D eigenvalue weighted by Gasteiger charge is -2.07. The Balaban J connectivity index is 2.77. The van der Waals surface area contributed by atoms with E-state index in [-0.39, 0.29) is 20.0 Å². The third-order valence-corrected chi connectivity index (χ3v) is 3.85. The van der Waals surface area contributed by atoms with Gasteiger partial charge >= 0.3 is 6.18 Å². The van der Waals surface area contributed by atoms with Crippen LogP contribution in [0.4, 0.5) is 13.2 Å². The number of carbonyl (C=O) groups excluding carboxylic acids is 1. The molecule has 0 aliphatic heterocycles. The van der Waals surface area contributed by atoms with Crippen LogP contribution in [0.15, 0.2) is 17.0 Å². The highest BCUT2D eigenvalue weighted by molar-refractivity contribution is 8.00. The molecule has 1 rings (SSSR count). The maximum Gasteiger partial charge on any atom is 0.450 e. The molecule has 0 radical (unpaired) electrons. The highest BCUT2D eigenvalue weighted by Crippen LogP contribution is 2.35. The molecule has 0 aliphatic rings. The molecule has 0 atom stereocenters. The number of carbonyl (C=O) groups is 1. The summed E-state index contributed by atoms with van der Waals surface area (Å²) in [5.74, 6) is -2.58. The number of Topliss-reactive ketones (excluding diaryl/α,β-unsaturated/α-hetero) is 1. The molecule has 0 N–H and O–H groups in total. The molecular formula is C9H4Cl3F3OS. The Kier molecular flexibility index (Phi) is 5.01. The summed E-state index contributed by atoms with van der Waals surface area (Å²) >= 11 is 17.7. The van der Waals surface area contributed by atoms with Crippen molar-refractivity contribution in [2.45, 2.75) is 11.1 Å². The second-order valence-electron chi connectivity index (χ2n) is 2.91. The predicted octanol–water partition coefficient (Wildman–Crippen LogP) is 4.87. The van der Waals surface area contributed by atoms with E-state index in [1.54, 1.807) is 0 Å². The summed E-state index contributed by atoms with van der Waals surface area (Å²) in [6.07, 6.45) is -4.84. The zero-order valence-corrected chi connectivity index (χ0v) is 11.0. The summed E-state index contributed by atoms with van der Waals surface area (Å²) in [5.41, 5.74) is 0. The van der Waals surface area contributed by atoms with Crippen molar-refractivity contribution in [1.82, 2.24) is 0 Å². The Morgan fingerprint density at radius 1 is 1.12 bits per heavy atom. The van der Waals surface area contributed by atoms with E-state index in [9.17, 15) is 18.0 Å². The van der Waals surface area contributed by atoms with Gasteiger partial charge in [0.1, 0.15) is 0 Å². The molecule has 0 heterocycles. The SMILES string of the molecule is O=C(CSc1cc(Cl)c(Cl)cc1Cl)C(F)(F)F. The smallest absolute Gasteiger partial charge is 0.289 e. The van der Waals surface area contributed by atoms with Crippen molar-refractivity contribution in [3.05, 3.63) is 27.2 Å². The van der Waals surface area contributed by atoms with Crippen molar-refractivity contribution in [3.63, 3.8) is 0 Å². The molecular weight excluding hydrogens is 320 g/mol. The van der Waals surface area contributed by atoms with Crippen LogP contribution in [0.1, 0.15) is 0 Å². The normalized spacial score (nSPS) is 11.6. The lowest BCUT2D eigenvalue weighted by atomic mass is 10.4. The van der Waals surface area contributed by atoms with Crippen molar-refractivity contribution < 1.29 is 18.0 Å². The van der Waals surface area contributed by atoms with Gasteiger partial charge in [-0.15, -0.1) is 11.8 Å². The summed E-state index contributed by atoms with van der Waals surface area (Å²) in [5, 5.41) is 0.514. The predicted molar refractivity (Wildman–Crippen MR) is 63.3 cm³/mol. The van der Waals surface area contributed by atoms with Crippen LogP contribution < -0.4 is 0 Å². The maximum absolute atomic E-state index is 12.0. The molecule has 1 aromatic rings. The fourth-order valence-electron chi connectivity index (χ4n) is 0.840. The van der Waals surface area contributed by atoms with Crippen LogP contribution in [0.2, 0.25) is 15.1 Å². The highest BCUT2D eigenvalue weighted by Gasteiger charge is 2.37. The Morgan fingerprint density at radius 2 is 1.65 bits per heavy atom. The molecule has 0 amide bonds. The standard InChI is InChI=1S/C9H4Cl3F3OS/c10-4-1-6(12)7(2-5(4)11)17-3-8(16)9(13,14)15/h1-2H,3H2. The summed E-state index contributed by atoms with van der Waals surface area (Å²) in [6, 6.07) is 2.63. The first-order valence-electron chi connectivity index (χ1n) is 4.09. The molecule has 17 heavy (non-hydrogen) atoms. The number of hydrogen-bond donors (Lipinski definition) is 0. The molecule has 8 heteroatoms. The average molecular weight is 324 g/mol. The number of hydrogen-bond acceptors (Lipinski definition) is 2. The lowest BCUT2D eigenvalue weighted by Crippen LogP contribution is -2.24. The second kappa shape index (κ2) is 5.69. The topological polar surface area (TPSA) is 17.1 Å². The number of thioether (sulfide) groups is 1. The lowest BCUT2D eigenvalue weighted by molar-refractivity contribution is -0.167. The number of alkyl halides is 3. The number of benzene rings is 1. The van der Waals surface area contributed by atoms with E-state index in [4.69, 9.17) is 34.8 Å². The molecule has 1 nitrogen and oxygen atoms in total. The molecule has 0 fully saturated rings. The van der Waals surface area contributed by atoms with Crippen LogP contribution in [0.3, 0.4) is 0 Å². The summed E-state index contributed by atoms with van der Waals surface area (Å²) in [4.78, 5) is 10.9. The van der Waals surface area contributed by atoms with Crippen LogP contribution in [0, 0.1) is 0 Å². The van der Waals surface area contributed by atoms with Gasteiger partial charge in [-0.05, 0) is 12.1 Å². The van der Waals surface area contributed by atoms with E-state index in [1.807, 2.05) is 0 Å². The molecule has 0 aliphatic carbocycles. The van der Waals surface area contributed by atoms with Gasteiger partial charge in [0, 0.05) is 4.90 Å². The third-order valence-electron chi connectivity index (χ3n) is 1.65. The highest BCUT2D eigenvalue weighted by atomic mass is 35.5. The van der Waals surface area contributed by atoms with Crippen molar-refractivity contribution >= 4 is 52.3 Å². The number of ketones is 1. The van der Waals surface area contributed by atoms with Gasteiger partial charge in [-0.3, -0.25) is 4.79 Å². The van der Waals surface area contributed by atoms with Crippen LogP contribution >= 0.6 is 46.6 Å². The number of rotatable bonds is 3. The Labute approximate surface area is 114 Å². The van der Waals surface area contributed by atoms with E-state index in [1.165, 1.54) is 12.1 Å². The minimum absolute atomic E-state index is 0.152. The Bertz CT molecular complexity index is 448. The van der Waals surface area contributed by atoms with E-state index in [0.29, 0.717) is 11.8 Å². The molecule has 0 saturated heterocycles. The molecule has 0 aromatic heterocycles. The minimum Gasteiger partial charge on any atom is -0.289 e. The Morgan fingerprint density at radius 3 is 2.18 bits per heavy atom. The van der Waals surface area contributed by atoms with Crippen molar-refractivity contribution in [3.8, 4) is 0 Å². The largest absolute Gasteiger partial charge is 0.450 e. The zero-order valence-electron chi connectivity index (χ0n) is 7.95. The van der Waals surface area contributed by atoms with Crippen LogP contribution in [-0.2, 0) is 4.79 Å². The van der Waals surface area contributed by atoms with Gasteiger partial charge in [-0.25, -0.2) is 0 Å². The zero-order chi connectivity index (χ0) is 13.2. The Hall–Kier alpha value is -0.100. The monoisotopic (exact) mass is 322 g/mol. The van der Waals surface area contributed by atoms with E-state index >= 15 is 0 Å². The summed E-state index contributed by atoms with van der Waals surface area (Å²) in [7, 11) is 0. The van der Waals surface area contributed by atoms with Gasteiger partial charge in [0.15, 0.2) is 0 Å². The van der Waals surface area contributed by atoms with Gasteiger partial charge in [0.05, 0.1) is 20.8 Å². The second-order valence-corrected chi connectivity index (χ2v) is 5.15. The first-order valence-corrected chi connectivity index (χ1v) is 6.21. The van der Waals surface area contributed by atoms with Gasteiger partial charge in [-0.1, -0.05) is 34.8 Å². The van der Waals surface area contributed by atoms with Gasteiger partial charge < -0.3 is 0 Å². The summed E-state index contributed by atoms with van der Waals surface area (Å²) in [6.45, 7) is 0. The molecule has 0 spiro atoms. The van der Waals surface area contributed by atoms with Gasteiger partial charge in [0.25, 0.3) is 0 Å². The molecule has 0 bridgehead atoms. The van der Waals surface area contributed by atoms with E-state index in [0.717, 1.165) is 0 Å². The van der Waals surface area contributed by atoms with Crippen LogP contribution in [0.5, 0.6) is 0 Å². The van der Waals surface area contributed by atoms with Crippen molar-refractivity contribution in [2.75, 3.05) is 5.75 Å². The van der Waals surface area contributed by atoms with Crippen molar-refractivity contribution in [1.29, 1.82) is 0 Å². The van der Waals surface area contributed by atoms with Crippen molar-refractivity contribution in [2.24, 2.45) is 0 Å². The molecule has 94 valence electrons. The van der Waals surface area contributed by atoms with E-state index in [2.05, 4.69) is 0 Å². The maximum atomic E-state index is 12.0. The molecule has 0 unspecified atom stereocenters. The minimum atomic E-state index is -4.84. The van der Waals surface area contributed by atoms with E-state index < -0.39 is 17.7 Å².